The van der Waals surface area contributed by atoms with E-state index in [1.165, 1.54) is 0 Å². The zero-order valence-electron chi connectivity index (χ0n) is 10.6. The second kappa shape index (κ2) is 5.36. The molecule has 0 aromatic heterocycles. The molecule has 5 nitrogen and oxygen atoms in total. The van der Waals surface area contributed by atoms with Crippen LogP contribution in [0.2, 0.25) is 0 Å². The van der Waals surface area contributed by atoms with Crippen molar-refractivity contribution in [2.75, 3.05) is 6.61 Å². The summed E-state index contributed by atoms with van der Waals surface area (Å²) in [5.41, 5.74) is -3.29. The van der Waals surface area contributed by atoms with Crippen LogP contribution in [0.1, 0.15) is 26.7 Å². The molecule has 2 N–H and O–H groups in total. The summed E-state index contributed by atoms with van der Waals surface area (Å²) in [4.78, 5) is 22.6. The molecule has 1 aliphatic rings. The Labute approximate surface area is 108 Å². The van der Waals surface area contributed by atoms with Crippen LogP contribution in [-0.4, -0.2) is 41.4 Å². The SMILES string of the molecule is CCC1OCCC1C(=O)NC(C)(C(=O)O)C(F)(F)F. The van der Waals surface area contributed by atoms with Gasteiger partial charge in [-0.3, -0.25) is 4.79 Å². The van der Waals surface area contributed by atoms with Crippen molar-refractivity contribution in [3.8, 4) is 0 Å². The fraction of sp³-hybridized carbons (Fsp3) is 0.818. The fourth-order valence-electron chi connectivity index (χ4n) is 1.94. The lowest BCUT2D eigenvalue weighted by atomic mass is 9.95. The number of halogens is 3. The van der Waals surface area contributed by atoms with Crippen molar-refractivity contribution >= 4 is 11.9 Å². The van der Waals surface area contributed by atoms with E-state index in [-0.39, 0.29) is 13.0 Å². The van der Waals surface area contributed by atoms with Crippen molar-refractivity contribution in [1.29, 1.82) is 0 Å². The molecule has 1 amide bonds. The molecule has 0 bridgehead atoms. The number of alkyl halides is 3. The van der Waals surface area contributed by atoms with E-state index in [0.29, 0.717) is 13.3 Å². The first-order valence-electron chi connectivity index (χ1n) is 5.87. The third-order valence-corrected chi connectivity index (χ3v) is 3.32. The van der Waals surface area contributed by atoms with Crippen LogP contribution in [0.3, 0.4) is 0 Å². The van der Waals surface area contributed by atoms with Gasteiger partial charge in [0.05, 0.1) is 12.0 Å². The number of ether oxygens (including phenoxy) is 1. The van der Waals surface area contributed by atoms with E-state index < -0.39 is 35.6 Å². The Bertz CT molecular complexity index is 371. The average molecular weight is 283 g/mol. The van der Waals surface area contributed by atoms with E-state index in [2.05, 4.69) is 0 Å². The van der Waals surface area contributed by atoms with Crippen molar-refractivity contribution in [3.05, 3.63) is 0 Å². The highest BCUT2D eigenvalue weighted by molar-refractivity contribution is 5.88. The minimum absolute atomic E-state index is 0.284. The summed E-state index contributed by atoms with van der Waals surface area (Å²) in [6.07, 6.45) is -4.77. The normalized spacial score (nSPS) is 26.8. The number of carboxylic acids is 1. The lowest BCUT2D eigenvalue weighted by molar-refractivity contribution is -0.207. The average Bonchev–Trinajstić information content (AvgIpc) is 2.74. The Morgan fingerprint density at radius 3 is 2.42 bits per heavy atom. The zero-order valence-corrected chi connectivity index (χ0v) is 10.6. The molecule has 1 heterocycles. The van der Waals surface area contributed by atoms with E-state index in [4.69, 9.17) is 9.84 Å². The fourth-order valence-corrected chi connectivity index (χ4v) is 1.94. The number of carbonyl (C=O) groups is 2. The maximum Gasteiger partial charge on any atom is 0.422 e. The third-order valence-electron chi connectivity index (χ3n) is 3.32. The standard InChI is InChI=1S/C11H16F3NO4/c1-3-7-6(4-5-19-7)8(16)15-10(2,9(17)18)11(12,13)14/h6-7H,3-5H2,1-2H3,(H,15,16)(H,17,18). The second-order valence-corrected chi connectivity index (χ2v) is 4.63. The van der Waals surface area contributed by atoms with Gasteiger partial charge in [-0.05, 0) is 19.8 Å². The van der Waals surface area contributed by atoms with Gasteiger partial charge in [0, 0.05) is 6.61 Å². The summed E-state index contributed by atoms with van der Waals surface area (Å²) < 4.78 is 43.5. The first-order valence-corrected chi connectivity index (χ1v) is 5.87. The lowest BCUT2D eigenvalue weighted by Gasteiger charge is -2.30. The van der Waals surface area contributed by atoms with Crippen molar-refractivity contribution in [1.82, 2.24) is 5.32 Å². The van der Waals surface area contributed by atoms with Gasteiger partial charge in [-0.2, -0.15) is 13.2 Å². The third kappa shape index (κ3) is 2.99. The summed E-state index contributed by atoms with van der Waals surface area (Å²) in [6.45, 7) is 2.47. The molecule has 1 aliphatic heterocycles. The summed E-state index contributed by atoms with van der Waals surface area (Å²) in [6, 6.07) is 0. The van der Waals surface area contributed by atoms with Crippen LogP contribution < -0.4 is 5.32 Å². The smallest absolute Gasteiger partial charge is 0.422 e. The summed E-state index contributed by atoms with van der Waals surface area (Å²) >= 11 is 0. The first kappa shape index (κ1) is 15.7. The van der Waals surface area contributed by atoms with Gasteiger partial charge < -0.3 is 15.2 Å². The van der Waals surface area contributed by atoms with Crippen LogP contribution in [0.15, 0.2) is 0 Å². The molecule has 1 saturated heterocycles. The minimum Gasteiger partial charge on any atom is -0.479 e. The quantitative estimate of drug-likeness (QED) is 0.816. The van der Waals surface area contributed by atoms with Crippen LogP contribution in [0, 0.1) is 5.92 Å². The zero-order chi connectivity index (χ0) is 14.8. The molecule has 3 unspecified atom stereocenters. The summed E-state index contributed by atoms with van der Waals surface area (Å²) in [5, 5.41) is 10.3. The largest absolute Gasteiger partial charge is 0.479 e. The van der Waals surface area contributed by atoms with Crippen LogP contribution >= 0.6 is 0 Å². The molecule has 0 spiro atoms. The predicted molar refractivity (Wildman–Crippen MR) is 58.4 cm³/mol. The Morgan fingerprint density at radius 2 is 2.00 bits per heavy atom. The van der Waals surface area contributed by atoms with Crippen LogP contribution in [-0.2, 0) is 14.3 Å². The Kier molecular flexibility index (Phi) is 4.44. The Hall–Kier alpha value is -1.31. The van der Waals surface area contributed by atoms with Gasteiger partial charge in [0.25, 0.3) is 0 Å². The predicted octanol–water partition coefficient (Wildman–Crippen LogP) is 1.32. The molecular weight excluding hydrogens is 267 g/mol. The molecule has 1 fully saturated rings. The van der Waals surface area contributed by atoms with Gasteiger partial charge in [-0.25, -0.2) is 4.79 Å². The number of nitrogens with one attached hydrogen (secondary N) is 1. The Morgan fingerprint density at radius 1 is 1.42 bits per heavy atom. The monoisotopic (exact) mass is 283 g/mol. The first-order chi connectivity index (χ1) is 8.63. The number of aliphatic carboxylic acids is 1. The molecule has 0 aromatic rings. The minimum atomic E-state index is -5.07. The highest BCUT2D eigenvalue weighted by Gasteiger charge is 2.59. The number of amides is 1. The number of hydrogen-bond acceptors (Lipinski definition) is 3. The highest BCUT2D eigenvalue weighted by atomic mass is 19.4. The molecule has 0 aliphatic carbocycles. The van der Waals surface area contributed by atoms with E-state index in [9.17, 15) is 22.8 Å². The van der Waals surface area contributed by atoms with Gasteiger partial charge in [0.15, 0.2) is 0 Å². The van der Waals surface area contributed by atoms with Crippen LogP contribution in [0.4, 0.5) is 13.2 Å². The number of carboxylic acid groups (broad SMARTS) is 1. The van der Waals surface area contributed by atoms with Gasteiger partial charge in [0.2, 0.25) is 11.4 Å². The molecule has 3 atom stereocenters. The molecule has 110 valence electrons. The lowest BCUT2D eigenvalue weighted by Crippen LogP contribution is -2.63. The van der Waals surface area contributed by atoms with E-state index in [1.807, 2.05) is 0 Å². The summed E-state index contributed by atoms with van der Waals surface area (Å²) in [5.74, 6) is -3.82. The maximum atomic E-state index is 12.8. The van der Waals surface area contributed by atoms with E-state index in [0.717, 1.165) is 0 Å². The molecule has 8 heteroatoms. The van der Waals surface area contributed by atoms with Crippen LogP contribution in [0.25, 0.3) is 0 Å². The van der Waals surface area contributed by atoms with Crippen LogP contribution in [0.5, 0.6) is 0 Å². The van der Waals surface area contributed by atoms with E-state index in [1.54, 1.807) is 12.2 Å². The molecule has 0 aromatic carbocycles. The van der Waals surface area contributed by atoms with Crippen molar-refractivity contribution in [2.24, 2.45) is 5.92 Å². The van der Waals surface area contributed by atoms with Crippen molar-refractivity contribution < 1.29 is 32.6 Å². The van der Waals surface area contributed by atoms with Gasteiger partial charge in [-0.15, -0.1) is 0 Å². The van der Waals surface area contributed by atoms with Crippen molar-refractivity contribution in [3.63, 3.8) is 0 Å². The number of rotatable bonds is 4. The Balaban J connectivity index is 2.87. The molecule has 0 saturated carbocycles. The molecular formula is C11H16F3NO4. The number of hydrogen-bond donors (Lipinski definition) is 2. The summed E-state index contributed by atoms with van der Waals surface area (Å²) in [7, 11) is 0. The maximum absolute atomic E-state index is 12.8. The van der Waals surface area contributed by atoms with Gasteiger partial charge in [-0.1, -0.05) is 6.92 Å². The van der Waals surface area contributed by atoms with Gasteiger partial charge >= 0.3 is 12.1 Å². The molecule has 19 heavy (non-hydrogen) atoms. The highest BCUT2D eigenvalue weighted by Crippen LogP contribution is 2.32. The number of carbonyl (C=O) groups excluding carboxylic acids is 1. The second-order valence-electron chi connectivity index (χ2n) is 4.63. The topological polar surface area (TPSA) is 75.6 Å². The molecule has 1 rings (SSSR count). The van der Waals surface area contributed by atoms with Gasteiger partial charge in [0.1, 0.15) is 0 Å². The van der Waals surface area contributed by atoms with E-state index >= 15 is 0 Å². The van der Waals surface area contributed by atoms with Crippen molar-refractivity contribution in [2.45, 2.75) is 44.5 Å². The molecule has 0 radical (unpaired) electrons.